The van der Waals surface area contributed by atoms with Gasteiger partial charge in [0.05, 0.1) is 0 Å². The SMILES string of the molecule is Fc1cc([O][Zr][O]c2cc(F)c(F)c(F)c2)cc(F)c1F. The summed E-state index contributed by atoms with van der Waals surface area (Å²) >= 11 is -2.28. The fourth-order valence-electron chi connectivity index (χ4n) is 1.30. The van der Waals surface area contributed by atoms with Gasteiger partial charge >= 0.3 is 127 Å². The predicted molar refractivity (Wildman–Crippen MR) is 53.9 cm³/mol. The maximum absolute atomic E-state index is 12.9. The molecule has 0 aliphatic heterocycles. The molecule has 0 saturated carbocycles. The van der Waals surface area contributed by atoms with Crippen LogP contribution in [0.4, 0.5) is 26.3 Å². The number of hydrogen-bond donors (Lipinski definition) is 0. The predicted octanol–water partition coefficient (Wildman–Crippen LogP) is 3.89. The molecule has 0 aromatic heterocycles. The summed E-state index contributed by atoms with van der Waals surface area (Å²) in [5.74, 6) is -9.69. The van der Waals surface area contributed by atoms with Gasteiger partial charge in [-0.1, -0.05) is 0 Å². The van der Waals surface area contributed by atoms with E-state index in [-0.39, 0.29) is 11.5 Å². The Bertz CT molecular complexity index is 575. The fraction of sp³-hybridized carbons (Fsp3) is 0. The average molecular weight is 385 g/mol. The molecule has 0 N–H and O–H groups in total. The Morgan fingerprint density at radius 3 is 1.14 bits per heavy atom. The van der Waals surface area contributed by atoms with E-state index in [1.165, 1.54) is 0 Å². The standard InChI is InChI=1S/2C6H3F3O.Zr/c2*7-4-1-3(10)2-5(8)6(4)9;/h2*1-2,10H;/q;;+2/p-2. The van der Waals surface area contributed by atoms with Crippen LogP contribution in [0, 0.1) is 34.9 Å². The topological polar surface area (TPSA) is 18.5 Å². The second-order valence-corrected chi connectivity index (χ2v) is 5.10. The quantitative estimate of drug-likeness (QED) is 0.587. The van der Waals surface area contributed by atoms with E-state index in [2.05, 4.69) is 0 Å². The molecule has 110 valence electrons. The summed E-state index contributed by atoms with van der Waals surface area (Å²) in [6.07, 6.45) is 0. The molecule has 2 aromatic rings. The molecule has 21 heavy (non-hydrogen) atoms. The molecule has 0 bridgehead atoms. The maximum atomic E-state index is 12.9. The molecule has 2 nitrogen and oxygen atoms in total. The molecule has 0 spiro atoms. The Morgan fingerprint density at radius 2 is 0.857 bits per heavy atom. The normalized spacial score (nSPS) is 10.4. The van der Waals surface area contributed by atoms with Crippen LogP contribution in [0.25, 0.3) is 0 Å². The second kappa shape index (κ2) is 6.51. The van der Waals surface area contributed by atoms with Gasteiger partial charge in [0.25, 0.3) is 0 Å². The summed E-state index contributed by atoms with van der Waals surface area (Å²) < 4.78 is 86.7. The van der Waals surface area contributed by atoms with Gasteiger partial charge in [-0.3, -0.25) is 0 Å². The first kappa shape index (κ1) is 15.9. The van der Waals surface area contributed by atoms with E-state index in [1.54, 1.807) is 0 Å². The van der Waals surface area contributed by atoms with Crippen molar-refractivity contribution in [2.45, 2.75) is 0 Å². The number of rotatable bonds is 4. The summed E-state index contributed by atoms with van der Waals surface area (Å²) in [5, 5.41) is 0. The Morgan fingerprint density at radius 1 is 0.571 bits per heavy atom. The van der Waals surface area contributed by atoms with E-state index in [9.17, 15) is 26.3 Å². The molecule has 0 amide bonds. The summed E-state index contributed by atoms with van der Waals surface area (Å²) in [5.41, 5.74) is 0. The van der Waals surface area contributed by atoms with Crippen molar-refractivity contribution in [1.29, 1.82) is 0 Å². The van der Waals surface area contributed by atoms with Crippen LogP contribution < -0.4 is 5.63 Å². The first-order valence-corrected chi connectivity index (χ1v) is 7.27. The molecular weight excluding hydrogens is 381 g/mol. The van der Waals surface area contributed by atoms with E-state index < -0.39 is 59.0 Å². The molecule has 0 radical (unpaired) electrons. The first-order valence-electron chi connectivity index (χ1n) is 5.26. The van der Waals surface area contributed by atoms with Gasteiger partial charge in [-0.15, -0.1) is 0 Å². The second-order valence-electron chi connectivity index (χ2n) is 3.69. The Kier molecular flexibility index (Phi) is 4.93. The van der Waals surface area contributed by atoms with Crippen molar-refractivity contribution in [3.8, 4) is 11.5 Å². The van der Waals surface area contributed by atoms with Crippen LogP contribution in [0.5, 0.6) is 11.5 Å². The van der Waals surface area contributed by atoms with Crippen molar-refractivity contribution in [1.82, 2.24) is 0 Å². The van der Waals surface area contributed by atoms with Crippen molar-refractivity contribution >= 4 is 0 Å². The van der Waals surface area contributed by atoms with Crippen molar-refractivity contribution < 1.29 is 56.1 Å². The van der Waals surface area contributed by atoms with Crippen molar-refractivity contribution in [2.75, 3.05) is 0 Å². The molecule has 0 saturated heterocycles. The van der Waals surface area contributed by atoms with Crippen LogP contribution in [0.15, 0.2) is 24.3 Å². The van der Waals surface area contributed by atoms with Crippen LogP contribution in [-0.2, 0) is 24.1 Å². The Labute approximate surface area is 127 Å². The third kappa shape index (κ3) is 3.78. The Balaban J connectivity index is 2.02. The van der Waals surface area contributed by atoms with Crippen LogP contribution in [-0.4, -0.2) is 0 Å². The van der Waals surface area contributed by atoms with E-state index in [4.69, 9.17) is 5.63 Å². The molecule has 9 heteroatoms. The molecule has 0 unspecified atom stereocenters. The average Bonchev–Trinajstić information content (AvgIpc) is 2.42. The van der Waals surface area contributed by atoms with Gasteiger partial charge < -0.3 is 0 Å². The van der Waals surface area contributed by atoms with E-state index in [0.29, 0.717) is 24.3 Å². The molecule has 2 aromatic carbocycles. The van der Waals surface area contributed by atoms with Gasteiger partial charge in [-0.25, -0.2) is 0 Å². The van der Waals surface area contributed by atoms with E-state index >= 15 is 0 Å². The third-order valence-corrected chi connectivity index (χ3v) is 3.80. The van der Waals surface area contributed by atoms with Crippen molar-refractivity contribution in [2.24, 2.45) is 0 Å². The molecule has 2 rings (SSSR count). The van der Waals surface area contributed by atoms with Crippen molar-refractivity contribution in [3.05, 3.63) is 59.2 Å². The summed E-state index contributed by atoms with van der Waals surface area (Å²) in [6, 6.07) is 2.42. The van der Waals surface area contributed by atoms with E-state index in [1.807, 2.05) is 0 Å². The van der Waals surface area contributed by atoms with Gasteiger partial charge in [-0.2, -0.15) is 0 Å². The zero-order valence-corrected chi connectivity index (χ0v) is 12.4. The summed E-state index contributed by atoms with van der Waals surface area (Å²) in [6.45, 7) is 0. The minimum absolute atomic E-state index is 0.318. The van der Waals surface area contributed by atoms with Crippen LogP contribution in [0.3, 0.4) is 0 Å². The third-order valence-electron chi connectivity index (χ3n) is 2.23. The first-order chi connectivity index (χ1) is 9.88. The Hall–Kier alpha value is -1.50. The summed E-state index contributed by atoms with van der Waals surface area (Å²) in [7, 11) is 0. The van der Waals surface area contributed by atoms with Crippen LogP contribution in [0.2, 0.25) is 0 Å². The van der Waals surface area contributed by atoms with Gasteiger partial charge in [-0.05, 0) is 0 Å². The minimum atomic E-state index is -2.28. The van der Waals surface area contributed by atoms with Gasteiger partial charge in [0.1, 0.15) is 0 Å². The molecule has 0 aliphatic carbocycles. The number of halogens is 6. The van der Waals surface area contributed by atoms with Gasteiger partial charge in [0, 0.05) is 0 Å². The van der Waals surface area contributed by atoms with Gasteiger partial charge in [0.2, 0.25) is 0 Å². The fourth-order valence-corrected chi connectivity index (χ4v) is 2.45. The van der Waals surface area contributed by atoms with Crippen LogP contribution >= 0.6 is 0 Å². The summed E-state index contributed by atoms with van der Waals surface area (Å²) in [4.78, 5) is 0. The van der Waals surface area contributed by atoms with Crippen molar-refractivity contribution in [3.63, 3.8) is 0 Å². The zero-order chi connectivity index (χ0) is 15.6. The molecule has 0 atom stereocenters. The molecular formula is C12H4F6O2Zr. The number of benzene rings is 2. The van der Waals surface area contributed by atoms with Crippen LogP contribution in [0.1, 0.15) is 0 Å². The van der Waals surface area contributed by atoms with Gasteiger partial charge in [0.15, 0.2) is 0 Å². The molecule has 0 fully saturated rings. The number of hydrogen-bond acceptors (Lipinski definition) is 2. The zero-order valence-electron chi connectivity index (χ0n) is 9.89. The molecule has 0 aliphatic rings. The molecule has 0 heterocycles. The monoisotopic (exact) mass is 384 g/mol. The van der Waals surface area contributed by atoms with E-state index in [0.717, 1.165) is 0 Å².